The van der Waals surface area contributed by atoms with Crippen molar-refractivity contribution in [2.75, 3.05) is 20.6 Å². The van der Waals surface area contributed by atoms with Crippen molar-refractivity contribution >= 4 is 33.2 Å². The van der Waals surface area contributed by atoms with Crippen molar-refractivity contribution in [3.05, 3.63) is 64.1 Å². The quantitative estimate of drug-likeness (QED) is 0.842. The van der Waals surface area contributed by atoms with E-state index in [1.807, 2.05) is 37.2 Å². The molecule has 0 amide bonds. The van der Waals surface area contributed by atoms with Crippen LogP contribution in [0.25, 0.3) is 0 Å². The summed E-state index contributed by atoms with van der Waals surface area (Å²) in [7, 11) is 0.154. The van der Waals surface area contributed by atoms with Crippen LogP contribution in [-0.4, -0.2) is 34.0 Å². The zero-order chi connectivity index (χ0) is 17.0. The highest BCUT2D eigenvalue weighted by Crippen LogP contribution is 2.26. The fourth-order valence-corrected chi connectivity index (χ4v) is 3.63. The minimum Gasteiger partial charge on any atom is -0.301 e. The molecule has 0 heterocycles. The number of halogens is 2. The van der Waals surface area contributed by atoms with E-state index < -0.39 is 10.0 Å². The summed E-state index contributed by atoms with van der Waals surface area (Å²) in [5.41, 5.74) is 0.873. The van der Waals surface area contributed by atoms with Crippen LogP contribution >= 0.6 is 23.2 Å². The minimum atomic E-state index is -3.60. The summed E-state index contributed by atoms with van der Waals surface area (Å²) in [6, 6.07) is 13.3. The van der Waals surface area contributed by atoms with Gasteiger partial charge in [-0.3, -0.25) is 0 Å². The lowest BCUT2D eigenvalue weighted by Crippen LogP contribution is -2.34. The predicted molar refractivity (Wildman–Crippen MR) is 94.5 cm³/mol. The first kappa shape index (κ1) is 18.2. The maximum atomic E-state index is 12.4. The van der Waals surface area contributed by atoms with E-state index in [1.54, 1.807) is 18.2 Å². The zero-order valence-electron chi connectivity index (χ0n) is 12.8. The van der Waals surface area contributed by atoms with Gasteiger partial charge in [0.2, 0.25) is 10.0 Å². The summed E-state index contributed by atoms with van der Waals surface area (Å²) in [5, 5.41) is 1.10. The summed E-state index contributed by atoms with van der Waals surface area (Å²) >= 11 is 12.0. The Kier molecular flexibility index (Phi) is 6.06. The maximum Gasteiger partial charge on any atom is 0.240 e. The van der Waals surface area contributed by atoms with Crippen LogP contribution in [0.4, 0.5) is 0 Å². The molecule has 2 aromatic rings. The van der Waals surface area contributed by atoms with E-state index in [1.165, 1.54) is 12.1 Å². The van der Waals surface area contributed by atoms with Gasteiger partial charge in [0.25, 0.3) is 0 Å². The normalized spacial score (nSPS) is 13.3. The smallest absolute Gasteiger partial charge is 0.240 e. The lowest BCUT2D eigenvalue weighted by Gasteiger charge is -2.26. The van der Waals surface area contributed by atoms with Crippen LogP contribution < -0.4 is 4.72 Å². The number of rotatable bonds is 6. The van der Waals surface area contributed by atoms with E-state index in [-0.39, 0.29) is 17.5 Å². The second-order valence-electron chi connectivity index (χ2n) is 5.31. The second kappa shape index (κ2) is 7.64. The average molecular weight is 373 g/mol. The Bertz CT molecular complexity index is 762. The molecule has 2 rings (SSSR count). The summed E-state index contributed by atoms with van der Waals surface area (Å²) < 4.78 is 27.4. The SMILES string of the molecule is CN(C)C(CNS(=O)(=O)c1ccc(Cl)cc1)c1ccccc1Cl. The largest absolute Gasteiger partial charge is 0.301 e. The number of likely N-dealkylation sites (N-methyl/N-ethyl adjacent to an activating group) is 1. The molecule has 0 bridgehead atoms. The first-order chi connectivity index (χ1) is 10.8. The summed E-state index contributed by atoms with van der Waals surface area (Å²) in [4.78, 5) is 2.10. The molecule has 23 heavy (non-hydrogen) atoms. The van der Waals surface area contributed by atoms with E-state index >= 15 is 0 Å². The molecule has 0 aliphatic heterocycles. The Morgan fingerprint density at radius 1 is 1.04 bits per heavy atom. The molecular formula is C16H18Cl2N2O2S. The lowest BCUT2D eigenvalue weighted by atomic mass is 10.1. The molecule has 0 spiro atoms. The number of hydrogen-bond donors (Lipinski definition) is 1. The third-order valence-electron chi connectivity index (χ3n) is 3.48. The Hall–Kier alpha value is -1.11. The van der Waals surface area contributed by atoms with Gasteiger partial charge >= 0.3 is 0 Å². The molecule has 0 saturated heterocycles. The van der Waals surface area contributed by atoms with Crippen LogP contribution in [-0.2, 0) is 10.0 Å². The van der Waals surface area contributed by atoms with Crippen LogP contribution in [0, 0.1) is 0 Å². The first-order valence-electron chi connectivity index (χ1n) is 6.97. The molecule has 0 saturated carbocycles. The molecule has 0 aromatic heterocycles. The number of hydrogen-bond acceptors (Lipinski definition) is 3. The lowest BCUT2D eigenvalue weighted by molar-refractivity contribution is 0.299. The second-order valence-corrected chi connectivity index (χ2v) is 7.92. The van der Waals surface area contributed by atoms with Crippen LogP contribution in [0.15, 0.2) is 53.4 Å². The fraction of sp³-hybridized carbons (Fsp3) is 0.250. The zero-order valence-corrected chi connectivity index (χ0v) is 15.2. The highest BCUT2D eigenvalue weighted by Gasteiger charge is 2.21. The Morgan fingerprint density at radius 2 is 1.65 bits per heavy atom. The van der Waals surface area contributed by atoms with Crippen LogP contribution in [0.1, 0.15) is 11.6 Å². The topological polar surface area (TPSA) is 49.4 Å². The molecule has 124 valence electrons. The van der Waals surface area contributed by atoms with Gasteiger partial charge in [-0.05, 0) is 50.0 Å². The van der Waals surface area contributed by atoms with E-state index in [0.29, 0.717) is 10.0 Å². The highest BCUT2D eigenvalue weighted by atomic mass is 35.5. The van der Waals surface area contributed by atoms with Crippen LogP contribution in [0.2, 0.25) is 10.0 Å². The number of benzene rings is 2. The van der Waals surface area contributed by atoms with Gasteiger partial charge in [0.15, 0.2) is 0 Å². The molecule has 0 aliphatic rings. The van der Waals surface area contributed by atoms with Gasteiger partial charge in [0.1, 0.15) is 0 Å². The average Bonchev–Trinajstić information content (AvgIpc) is 2.49. The Balaban J connectivity index is 2.19. The van der Waals surface area contributed by atoms with Crippen LogP contribution in [0.3, 0.4) is 0 Å². The monoisotopic (exact) mass is 372 g/mol. The third kappa shape index (κ3) is 4.68. The molecule has 1 N–H and O–H groups in total. The predicted octanol–water partition coefficient (Wildman–Crippen LogP) is 3.57. The van der Waals surface area contributed by atoms with Crippen molar-refractivity contribution in [1.82, 2.24) is 9.62 Å². The number of sulfonamides is 1. The summed E-state index contributed by atoms with van der Waals surface area (Å²) in [6.45, 7) is 0.210. The number of nitrogens with zero attached hydrogens (tertiary/aromatic N) is 1. The van der Waals surface area contributed by atoms with Gasteiger partial charge < -0.3 is 4.90 Å². The summed E-state index contributed by atoms with van der Waals surface area (Å²) in [6.07, 6.45) is 0. The molecule has 4 nitrogen and oxygen atoms in total. The summed E-state index contributed by atoms with van der Waals surface area (Å²) in [5.74, 6) is 0. The highest BCUT2D eigenvalue weighted by molar-refractivity contribution is 7.89. The fourth-order valence-electron chi connectivity index (χ4n) is 2.20. The molecule has 2 aromatic carbocycles. The van der Waals surface area contributed by atoms with Crippen molar-refractivity contribution in [2.45, 2.75) is 10.9 Å². The van der Waals surface area contributed by atoms with E-state index in [4.69, 9.17) is 23.2 Å². The van der Waals surface area contributed by atoms with Gasteiger partial charge in [-0.15, -0.1) is 0 Å². The van der Waals surface area contributed by atoms with Crippen molar-refractivity contribution in [3.63, 3.8) is 0 Å². The van der Waals surface area contributed by atoms with Gasteiger partial charge in [-0.2, -0.15) is 0 Å². The van der Waals surface area contributed by atoms with E-state index in [9.17, 15) is 8.42 Å². The first-order valence-corrected chi connectivity index (χ1v) is 9.21. The molecule has 1 unspecified atom stereocenters. The Morgan fingerprint density at radius 3 is 2.22 bits per heavy atom. The number of nitrogens with one attached hydrogen (secondary N) is 1. The van der Waals surface area contributed by atoms with Crippen molar-refractivity contribution in [2.24, 2.45) is 0 Å². The molecule has 0 fully saturated rings. The maximum absolute atomic E-state index is 12.4. The molecule has 0 aliphatic carbocycles. The third-order valence-corrected chi connectivity index (χ3v) is 5.51. The minimum absolute atomic E-state index is 0.175. The Labute approximate surface area is 147 Å². The van der Waals surface area contributed by atoms with Crippen molar-refractivity contribution < 1.29 is 8.42 Å². The van der Waals surface area contributed by atoms with Crippen LogP contribution in [0.5, 0.6) is 0 Å². The molecular weight excluding hydrogens is 355 g/mol. The van der Waals surface area contributed by atoms with Crippen molar-refractivity contribution in [3.8, 4) is 0 Å². The molecule has 0 radical (unpaired) electrons. The van der Waals surface area contributed by atoms with Gasteiger partial charge in [0, 0.05) is 22.6 Å². The molecule has 1 atom stereocenters. The molecule has 7 heteroatoms. The van der Waals surface area contributed by atoms with Gasteiger partial charge in [-0.1, -0.05) is 41.4 Å². The van der Waals surface area contributed by atoms with Crippen molar-refractivity contribution in [1.29, 1.82) is 0 Å². The van der Waals surface area contributed by atoms with Gasteiger partial charge in [0.05, 0.1) is 4.90 Å². The van der Waals surface area contributed by atoms with E-state index in [0.717, 1.165) is 5.56 Å². The van der Waals surface area contributed by atoms with Gasteiger partial charge in [-0.25, -0.2) is 13.1 Å². The standard InChI is InChI=1S/C16H18Cl2N2O2S/c1-20(2)16(14-5-3-4-6-15(14)18)11-19-23(21,22)13-9-7-12(17)8-10-13/h3-10,16,19H,11H2,1-2H3. The van der Waals surface area contributed by atoms with E-state index in [2.05, 4.69) is 4.72 Å².